The van der Waals surface area contributed by atoms with Gasteiger partial charge in [-0.05, 0) is 42.8 Å². The van der Waals surface area contributed by atoms with Crippen molar-refractivity contribution in [2.75, 3.05) is 5.32 Å². The van der Waals surface area contributed by atoms with Crippen LogP contribution in [0.4, 0.5) is 11.6 Å². The van der Waals surface area contributed by atoms with Crippen LogP contribution in [0, 0.1) is 6.92 Å². The molecule has 0 fully saturated rings. The van der Waals surface area contributed by atoms with E-state index in [0.29, 0.717) is 12.6 Å². The van der Waals surface area contributed by atoms with E-state index in [2.05, 4.69) is 27.3 Å². The number of nitrogens with zero attached hydrogens (tertiary/aromatic N) is 4. The highest BCUT2D eigenvalue weighted by molar-refractivity contribution is 5.61. The highest BCUT2D eigenvalue weighted by Crippen LogP contribution is 2.22. The summed E-state index contributed by atoms with van der Waals surface area (Å²) in [6, 6.07) is 28.0. The summed E-state index contributed by atoms with van der Waals surface area (Å²) >= 11 is 0. The molecule has 1 N–H and O–H groups in total. The summed E-state index contributed by atoms with van der Waals surface area (Å²) in [7, 11) is 0. The zero-order chi connectivity index (χ0) is 22.5. The quantitative estimate of drug-likeness (QED) is 0.343. The minimum atomic E-state index is 0.520. The van der Waals surface area contributed by atoms with E-state index in [0.717, 1.165) is 33.9 Å². The van der Waals surface area contributed by atoms with Crippen LogP contribution in [-0.4, -0.2) is 19.7 Å². The van der Waals surface area contributed by atoms with E-state index >= 15 is 0 Å². The number of nitrogens with one attached hydrogen (secondary N) is 1. The molecule has 2 aromatic heterocycles. The number of aromatic nitrogens is 4. The van der Waals surface area contributed by atoms with Gasteiger partial charge in [-0.2, -0.15) is 5.10 Å². The third kappa shape index (κ3) is 5.07. The van der Waals surface area contributed by atoms with Gasteiger partial charge in [-0.1, -0.05) is 54.1 Å². The highest BCUT2D eigenvalue weighted by Gasteiger charge is 2.08. The molecule has 0 atom stereocenters. The lowest BCUT2D eigenvalue weighted by Crippen LogP contribution is -1.98. The van der Waals surface area contributed by atoms with Gasteiger partial charge in [0.2, 0.25) is 5.95 Å². The summed E-state index contributed by atoms with van der Waals surface area (Å²) < 4.78 is 7.77. The molecule has 0 aliphatic heterocycles. The maximum Gasteiger partial charge on any atom is 0.227 e. The Hall–Kier alpha value is -4.45. The lowest BCUT2D eigenvalue weighted by Gasteiger charge is -2.08. The fraction of sp³-hybridized carbons (Fsp3) is 0.0741. The first kappa shape index (κ1) is 20.5. The topological polar surface area (TPSA) is 64.9 Å². The van der Waals surface area contributed by atoms with E-state index in [9.17, 15) is 0 Å². The molecule has 0 aliphatic rings. The first-order valence-electron chi connectivity index (χ1n) is 10.7. The Labute approximate surface area is 192 Å². The summed E-state index contributed by atoms with van der Waals surface area (Å²) in [5.74, 6) is 1.33. The Kier molecular flexibility index (Phi) is 5.80. The molecule has 6 heteroatoms. The second-order valence-corrected chi connectivity index (χ2v) is 7.70. The Morgan fingerprint density at radius 2 is 1.76 bits per heavy atom. The first-order chi connectivity index (χ1) is 16.2. The molecule has 0 unspecified atom stereocenters. The van der Waals surface area contributed by atoms with Gasteiger partial charge in [0, 0.05) is 29.7 Å². The predicted molar refractivity (Wildman–Crippen MR) is 130 cm³/mol. The summed E-state index contributed by atoms with van der Waals surface area (Å²) in [5.41, 5.74) is 5.89. The molecule has 0 bridgehead atoms. The fourth-order valence-corrected chi connectivity index (χ4v) is 3.40. The molecule has 0 amide bonds. The van der Waals surface area contributed by atoms with Gasteiger partial charge in [-0.25, -0.2) is 14.6 Å². The monoisotopic (exact) mass is 433 g/mol. The summed E-state index contributed by atoms with van der Waals surface area (Å²) in [6.07, 6.45) is 5.50. The minimum Gasteiger partial charge on any atom is -0.489 e. The van der Waals surface area contributed by atoms with Crippen molar-refractivity contribution in [2.24, 2.45) is 0 Å². The van der Waals surface area contributed by atoms with Gasteiger partial charge in [0.1, 0.15) is 12.4 Å². The number of rotatable bonds is 7. The summed E-state index contributed by atoms with van der Waals surface area (Å²) in [5, 5.41) is 7.77. The fourth-order valence-electron chi connectivity index (χ4n) is 3.40. The van der Waals surface area contributed by atoms with Crippen LogP contribution in [0.15, 0.2) is 104 Å². The number of hydrogen-bond acceptors (Lipinski definition) is 5. The summed E-state index contributed by atoms with van der Waals surface area (Å²) in [4.78, 5) is 8.99. The Morgan fingerprint density at radius 3 is 2.61 bits per heavy atom. The van der Waals surface area contributed by atoms with Crippen LogP contribution in [0.5, 0.6) is 5.75 Å². The summed E-state index contributed by atoms with van der Waals surface area (Å²) in [6.45, 7) is 2.58. The van der Waals surface area contributed by atoms with Crippen molar-refractivity contribution in [1.29, 1.82) is 0 Å². The second-order valence-electron chi connectivity index (χ2n) is 7.70. The van der Waals surface area contributed by atoms with E-state index in [1.165, 1.54) is 5.56 Å². The third-order valence-corrected chi connectivity index (χ3v) is 5.17. The van der Waals surface area contributed by atoms with Crippen molar-refractivity contribution in [3.05, 3.63) is 115 Å². The molecule has 0 spiro atoms. The lowest BCUT2D eigenvalue weighted by molar-refractivity contribution is 0.306. The molecule has 2 heterocycles. The van der Waals surface area contributed by atoms with Gasteiger partial charge >= 0.3 is 0 Å². The number of hydrogen-bond donors (Lipinski definition) is 1. The predicted octanol–water partition coefficient (Wildman–Crippen LogP) is 5.96. The van der Waals surface area contributed by atoms with Crippen molar-refractivity contribution in [3.63, 3.8) is 0 Å². The standard InChI is InChI=1S/C27H23N5O/c1-20-10-12-23(13-11-20)30-27-28-15-14-26(31-27)22-17-29-32(18-22)24-8-5-9-25(16-24)33-19-21-6-3-2-4-7-21/h2-18H,19H2,1H3,(H,28,30,31). The number of benzene rings is 3. The van der Waals surface area contributed by atoms with Crippen molar-refractivity contribution in [3.8, 4) is 22.7 Å². The Balaban J connectivity index is 1.31. The molecule has 6 nitrogen and oxygen atoms in total. The van der Waals surface area contributed by atoms with E-state index in [1.807, 2.05) is 95.8 Å². The van der Waals surface area contributed by atoms with Crippen LogP contribution >= 0.6 is 0 Å². The van der Waals surface area contributed by atoms with Crippen LogP contribution in [0.25, 0.3) is 16.9 Å². The second kappa shape index (κ2) is 9.36. The molecule has 33 heavy (non-hydrogen) atoms. The number of aryl methyl sites for hydroxylation is 1. The van der Waals surface area contributed by atoms with E-state index < -0.39 is 0 Å². The molecule has 0 aliphatic carbocycles. The molecule has 0 saturated heterocycles. The zero-order valence-electron chi connectivity index (χ0n) is 18.2. The van der Waals surface area contributed by atoms with Gasteiger partial charge in [-0.3, -0.25) is 0 Å². The maximum absolute atomic E-state index is 5.96. The molecule has 3 aromatic carbocycles. The normalized spacial score (nSPS) is 10.7. The van der Waals surface area contributed by atoms with Crippen molar-refractivity contribution in [1.82, 2.24) is 19.7 Å². The average Bonchev–Trinajstić information content (AvgIpc) is 3.36. The van der Waals surface area contributed by atoms with Crippen LogP contribution in [0.3, 0.4) is 0 Å². The van der Waals surface area contributed by atoms with Crippen LogP contribution < -0.4 is 10.1 Å². The molecular formula is C27H23N5O. The van der Waals surface area contributed by atoms with Gasteiger partial charge in [0.05, 0.1) is 17.6 Å². The SMILES string of the molecule is Cc1ccc(Nc2nccc(-c3cnn(-c4cccc(OCc5ccccc5)c4)c3)n2)cc1. The van der Waals surface area contributed by atoms with Crippen LogP contribution in [0.2, 0.25) is 0 Å². The molecule has 0 radical (unpaired) electrons. The van der Waals surface area contributed by atoms with Crippen molar-refractivity contribution < 1.29 is 4.74 Å². The van der Waals surface area contributed by atoms with E-state index in [4.69, 9.17) is 4.74 Å². The highest BCUT2D eigenvalue weighted by atomic mass is 16.5. The molecule has 0 saturated carbocycles. The van der Waals surface area contributed by atoms with Crippen molar-refractivity contribution >= 4 is 11.6 Å². The van der Waals surface area contributed by atoms with Gasteiger partial charge in [0.25, 0.3) is 0 Å². The van der Waals surface area contributed by atoms with Crippen LogP contribution in [-0.2, 0) is 6.61 Å². The molecule has 5 rings (SSSR count). The Morgan fingerprint density at radius 1 is 0.909 bits per heavy atom. The maximum atomic E-state index is 5.96. The minimum absolute atomic E-state index is 0.520. The smallest absolute Gasteiger partial charge is 0.227 e. The zero-order valence-corrected chi connectivity index (χ0v) is 18.2. The molecular weight excluding hydrogens is 410 g/mol. The Bertz CT molecular complexity index is 1350. The first-order valence-corrected chi connectivity index (χ1v) is 10.7. The average molecular weight is 434 g/mol. The largest absolute Gasteiger partial charge is 0.489 e. The molecule has 5 aromatic rings. The van der Waals surface area contributed by atoms with Gasteiger partial charge in [0.15, 0.2) is 0 Å². The third-order valence-electron chi connectivity index (χ3n) is 5.17. The lowest BCUT2D eigenvalue weighted by atomic mass is 10.2. The number of anilines is 2. The number of ether oxygens (including phenoxy) is 1. The molecule has 162 valence electrons. The van der Waals surface area contributed by atoms with E-state index in [-0.39, 0.29) is 0 Å². The van der Waals surface area contributed by atoms with Gasteiger partial charge < -0.3 is 10.1 Å². The van der Waals surface area contributed by atoms with Gasteiger partial charge in [-0.15, -0.1) is 0 Å². The van der Waals surface area contributed by atoms with Crippen LogP contribution in [0.1, 0.15) is 11.1 Å². The van der Waals surface area contributed by atoms with Crippen molar-refractivity contribution in [2.45, 2.75) is 13.5 Å². The van der Waals surface area contributed by atoms with E-state index in [1.54, 1.807) is 12.4 Å².